The molecule has 0 bridgehead atoms. The van der Waals surface area contributed by atoms with Crippen LogP contribution in [0.1, 0.15) is 39.5 Å². The third kappa shape index (κ3) is 4.56. The number of rotatable bonds is 5. The standard InChI is InChI=1S/C14H23N3OS/c1-10(2)18-13-8-9-15-14(17-13)16-11-4-6-12(19-3)7-5-11/h8-12H,4-7H2,1-3H3,(H,15,16,17). The monoisotopic (exact) mass is 281 g/mol. The van der Waals surface area contributed by atoms with Crippen LogP contribution in [0.2, 0.25) is 0 Å². The molecule has 106 valence electrons. The lowest BCUT2D eigenvalue weighted by atomic mass is 9.95. The highest BCUT2D eigenvalue weighted by Crippen LogP contribution is 2.28. The Kier molecular flexibility index (Phi) is 5.31. The molecule has 2 rings (SSSR count). The molecule has 4 nitrogen and oxygen atoms in total. The average Bonchev–Trinajstić information content (AvgIpc) is 2.39. The van der Waals surface area contributed by atoms with Crippen molar-refractivity contribution in [1.82, 2.24) is 9.97 Å². The lowest BCUT2D eigenvalue weighted by Gasteiger charge is -2.28. The molecular formula is C14H23N3OS. The minimum Gasteiger partial charge on any atom is -0.475 e. The number of aromatic nitrogens is 2. The highest BCUT2D eigenvalue weighted by molar-refractivity contribution is 7.99. The molecule has 1 heterocycles. The normalized spacial score (nSPS) is 23.4. The summed E-state index contributed by atoms with van der Waals surface area (Å²) in [4.78, 5) is 8.67. The van der Waals surface area contributed by atoms with Crippen LogP contribution < -0.4 is 10.1 Å². The molecular weight excluding hydrogens is 258 g/mol. The summed E-state index contributed by atoms with van der Waals surface area (Å²) < 4.78 is 5.58. The molecule has 1 aromatic rings. The first-order chi connectivity index (χ1) is 9.17. The van der Waals surface area contributed by atoms with Crippen LogP contribution in [0.3, 0.4) is 0 Å². The molecule has 1 aromatic heterocycles. The molecule has 5 heteroatoms. The predicted octanol–water partition coefficient (Wildman–Crippen LogP) is 3.35. The van der Waals surface area contributed by atoms with Crippen LogP contribution in [0, 0.1) is 0 Å². The van der Waals surface area contributed by atoms with Crippen molar-refractivity contribution in [2.24, 2.45) is 0 Å². The average molecular weight is 281 g/mol. The minimum absolute atomic E-state index is 0.139. The maximum absolute atomic E-state index is 5.58. The van der Waals surface area contributed by atoms with Crippen LogP contribution in [0.4, 0.5) is 5.95 Å². The van der Waals surface area contributed by atoms with Gasteiger partial charge in [-0.05, 0) is 45.8 Å². The van der Waals surface area contributed by atoms with Crippen molar-refractivity contribution in [3.63, 3.8) is 0 Å². The van der Waals surface area contributed by atoms with Gasteiger partial charge in [0.15, 0.2) is 0 Å². The molecule has 1 N–H and O–H groups in total. The fourth-order valence-corrected chi connectivity index (χ4v) is 3.09. The summed E-state index contributed by atoms with van der Waals surface area (Å²) in [6.07, 6.45) is 9.05. The van der Waals surface area contributed by atoms with Crippen LogP contribution >= 0.6 is 11.8 Å². The topological polar surface area (TPSA) is 47.0 Å². The molecule has 0 spiro atoms. The Morgan fingerprint density at radius 3 is 2.68 bits per heavy atom. The van der Waals surface area contributed by atoms with Crippen molar-refractivity contribution in [1.29, 1.82) is 0 Å². The Morgan fingerprint density at radius 1 is 1.32 bits per heavy atom. The van der Waals surface area contributed by atoms with Crippen LogP contribution in [-0.2, 0) is 0 Å². The van der Waals surface area contributed by atoms with Gasteiger partial charge in [-0.3, -0.25) is 0 Å². The van der Waals surface area contributed by atoms with Gasteiger partial charge >= 0.3 is 0 Å². The fourth-order valence-electron chi connectivity index (χ4n) is 2.34. The van der Waals surface area contributed by atoms with Gasteiger partial charge in [-0.15, -0.1) is 0 Å². The van der Waals surface area contributed by atoms with Gasteiger partial charge in [0.1, 0.15) is 0 Å². The Hall–Kier alpha value is -0.970. The van der Waals surface area contributed by atoms with Crippen LogP contribution in [0.5, 0.6) is 5.88 Å². The van der Waals surface area contributed by atoms with Gasteiger partial charge in [-0.2, -0.15) is 16.7 Å². The molecule has 1 fully saturated rings. The van der Waals surface area contributed by atoms with Crippen LogP contribution in [0.15, 0.2) is 12.3 Å². The summed E-state index contributed by atoms with van der Waals surface area (Å²) in [7, 11) is 0. The first-order valence-electron chi connectivity index (χ1n) is 6.96. The van der Waals surface area contributed by atoms with E-state index in [1.54, 1.807) is 12.3 Å². The maximum atomic E-state index is 5.58. The van der Waals surface area contributed by atoms with Crippen molar-refractivity contribution in [3.05, 3.63) is 12.3 Å². The number of hydrogen-bond donors (Lipinski definition) is 1. The zero-order valence-electron chi connectivity index (χ0n) is 11.9. The highest BCUT2D eigenvalue weighted by Gasteiger charge is 2.20. The fraction of sp³-hybridized carbons (Fsp3) is 0.714. The zero-order chi connectivity index (χ0) is 13.7. The number of hydrogen-bond acceptors (Lipinski definition) is 5. The summed E-state index contributed by atoms with van der Waals surface area (Å²) in [5, 5.41) is 4.26. The maximum Gasteiger partial charge on any atom is 0.226 e. The van der Waals surface area contributed by atoms with Gasteiger partial charge in [-0.1, -0.05) is 0 Å². The second-order valence-corrected chi connectivity index (χ2v) is 6.38. The summed E-state index contributed by atoms with van der Waals surface area (Å²) in [6, 6.07) is 2.30. The van der Waals surface area contributed by atoms with E-state index in [2.05, 4.69) is 21.5 Å². The first kappa shape index (κ1) is 14.4. The number of thioether (sulfide) groups is 1. The Labute approximate surface area is 119 Å². The minimum atomic E-state index is 0.139. The smallest absolute Gasteiger partial charge is 0.226 e. The van der Waals surface area contributed by atoms with Gasteiger partial charge in [0.2, 0.25) is 11.8 Å². The summed E-state index contributed by atoms with van der Waals surface area (Å²) in [6.45, 7) is 4.00. The molecule has 0 aromatic carbocycles. The van der Waals surface area contributed by atoms with E-state index < -0.39 is 0 Å². The van der Waals surface area contributed by atoms with Gasteiger partial charge < -0.3 is 10.1 Å². The summed E-state index contributed by atoms with van der Waals surface area (Å²) in [5.74, 6) is 1.33. The van der Waals surface area contributed by atoms with Gasteiger partial charge in [0.05, 0.1) is 6.10 Å². The number of ether oxygens (including phenoxy) is 1. The van der Waals surface area contributed by atoms with E-state index in [1.807, 2.05) is 25.6 Å². The predicted molar refractivity (Wildman–Crippen MR) is 81.0 cm³/mol. The van der Waals surface area contributed by atoms with E-state index in [0.717, 1.165) is 5.25 Å². The second kappa shape index (κ2) is 6.98. The van der Waals surface area contributed by atoms with Crippen molar-refractivity contribution in [3.8, 4) is 5.88 Å². The van der Waals surface area contributed by atoms with E-state index >= 15 is 0 Å². The van der Waals surface area contributed by atoms with Gasteiger partial charge in [-0.25, -0.2) is 4.98 Å². The van der Waals surface area contributed by atoms with Crippen molar-refractivity contribution >= 4 is 17.7 Å². The lowest BCUT2D eigenvalue weighted by molar-refractivity contribution is 0.232. The van der Waals surface area contributed by atoms with Gasteiger partial charge in [0.25, 0.3) is 0 Å². The van der Waals surface area contributed by atoms with E-state index in [-0.39, 0.29) is 6.10 Å². The number of nitrogens with zero attached hydrogens (tertiary/aromatic N) is 2. The van der Waals surface area contributed by atoms with E-state index in [9.17, 15) is 0 Å². The Morgan fingerprint density at radius 2 is 2.05 bits per heavy atom. The van der Waals surface area contributed by atoms with Crippen molar-refractivity contribution in [2.75, 3.05) is 11.6 Å². The SMILES string of the molecule is CSC1CCC(Nc2nccc(OC(C)C)n2)CC1. The molecule has 19 heavy (non-hydrogen) atoms. The largest absolute Gasteiger partial charge is 0.475 e. The van der Waals surface area contributed by atoms with Gasteiger partial charge in [0, 0.05) is 23.6 Å². The Bertz CT molecular complexity index is 392. The van der Waals surface area contributed by atoms with Crippen LogP contribution in [-0.4, -0.2) is 33.6 Å². The summed E-state index contributed by atoms with van der Waals surface area (Å²) >= 11 is 1.98. The van der Waals surface area contributed by atoms with Crippen molar-refractivity contribution in [2.45, 2.75) is 56.9 Å². The molecule has 0 unspecified atom stereocenters. The highest BCUT2D eigenvalue weighted by atomic mass is 32.2. The third-order valence-corrected chi connectivity index (χ3v) is 4.47. The molecule has 0 aliphatic heterocycles. The van der Waals surface area contributed by atoms with E-state index in [4.69, 9.17) is 4.74 Å². The molecule has 1 aliphatic carbocycles. The quantitative estimate of drug-likeness (QED) is 0.897. The van der Waals surface area contributed by atoms with E-state index in [0.29, 0.717) is 17.9 Å². The molecule has 0 radical (unpaired) electrons. The third-order valence-electron chi connectivity index (χ3n) is 3.33. The zero-order valence-corrected chi connectivity index (χ0v) is 12.7. The molecule has 1 aliphatic rings. The molecule has 0 amide bonds. The number of anilines is 1. The summed E-state index contributed by atoms with van der Waals surface area (Å²) in [5.41, 5.74) is 0. The lowest BCUT2D eigenvalue weighted by Crippen LogP contribution is -2.27. The van der Waals surface area contributed by atoms with E-state index in [1.165, 1.54) is 25.7 Å². The molecule has 1 saturated carbocycles. The molecule has 0 saturated heterocycles. The first-order valence-corrected chi connectivity index (χ1v) is 8.25. The molecule has 0 atom stereocenters. The second-order valence-electron chi connectivity index (χ2n) is 5.24. The van der Waals surface area contributed by atoms with Crippen molar-refractivity contribution < 1.29 is 4.74 Å². The number of nitrogens with one attached hydrogen (secondary N) is 1. The Balaban J connectivity index is 1.89. The van der Waals surface area contributed by atoms with Crippen LogP contribution in [0.25, 0.3) is 0 Å².